The van der Waals surface area contributed by atoms with E-state index in [2.05, 4.69) is 17.2 Å². The molecule has 0 bridgehead atoms. The van der Waals surface area contributed by atoms with Crippen molar-refractivity contribution in [3.05, 3.63) is 64.8 Å². The van der Waals surface area contributed by atoms with Crippen LogP contribution in [0.2, 0.25) is 0 Å². The molecule has 1 aromatic heterocycles. The molecular formula is C18H18N2O. The number of aromatic amines is 1. The van der Waals surface area contributed by atoms with Crippen molar-refractivity contribution in [2.24, 2.45) is 0 Å². The first-order valence-electron chi connectivity index (χ1n) is 7.02. The molecule has 1 heterocycles. The van der Waals surface area contributed by atoms with Gasteiger partial charge in [0, 0.05) is 27.8 Å². The lowest BCUT2D eigenvalue weighted by Crippen LogP contribution is -2.12. The first kappa shape index (κ1) is 13.4. The summed E-state index contributed by atoms with van der Waals surface area (Å²) < 4.78 is 0. The summed E-state index contributed by atoms with van der Waals surface area (Å²) in [6.07, 6.45) is 0. The summed E-state index contributed by atoms with van der Waals surface area (Å²) in [5.74, 6) is -0.0792. The van der Waals surface area contributed by atoms with E-state index in [1.54, 1.807) is 0 Å². The Kier molecular flexibility index (Phi) is 3.26. The van der Waals surface area contributed by atoms with Crippen LogP contribution in [0.5, 0.6) is 0 Å². The van der Waals surface area contributed by atoms with Crippen molar-refractivity contribution >= 4 is 22.5 Å². The number of rotatable bonds is 2. The minimum atomic E-state index is -0.0792. The second-order valence-electron chi connectivity index (χ2n) is 5.40. The average molecular weight is 278 g/mol. The Bertz CT molecular complexity index is 830. The molecule has 0 unspecified atom stereocenters. The Labute approximate surface area is 124 Å². The summed E-state index contributed by atoms with van der Waals surface area (Å²) in [5.41, 5.74) is 5.98. The van der Waals surface area contributed by atoms with Crippen LogP contribution in [0.25, 0.3) is 10.9 Å². The van der Waals surface area contributed by atoms with Crippen LogP contribution in [0.15, 0.2) is 42.5 Å². The number of fused-ring (bicyclic) bond motifs is 1. The van der Waals surface area contributed by atoms with Crippen LogP contribution in [-0.4, -0.2) is 10.9 Å². The molecule has 3 aromatic rings. The Balaban J connectivity index is 1.95. The van der Waals surface area contributed by atoms with Crippen LogP contribution in [0, 0.1) is 20.8 Å². The summed E-state index contributed by atoms with van der Waals surface area (Å²) in [7, 11) is 0. The maximum absolute atomic E-state index is 12.4. The zero-order chi connectivity index (χ0) is 15.0. The monoisotopic (exact) mass is 278 g/mol. The Morgan fingerprint density at radius 2 is 1.81 bits per heavy atom. The smallest absolute Gasteiger partial charge is 0.255 e. The fourth-order valence-electron chi connectivity index (χ4n) is 2.51. The third kappa shape index (κ3) is 2.42. The van der Waals surface area contributed by atoms with Crippen LogP contribution >= 0.6 is 0 Å². The van der Waals surface area contributed by atoms with Gasteiger partial charge >= 0.3 is 0 Å². The van der Waals surface area contributed by atoms with Gasteiger partial charge in [0.05, 0.1) is 0 Å². The van der Waals surface area contributed by atoms with E-state index in [1.165, 1.54) is 5.56 Å². The van der Waals surface area contributed by atoms with Crippen molar-refractivity contribution in [3.63, 3.8) is 0 Å². The van der Waals surface area contributed by atoms with Gasteiger partial charge in [0.25, 0.3) is 5.91 Å². The molecule has 21 heavy (non-hydrogen) atoms. The Morgan fingerprint density at radius 1 is 1.05 bits per heavy atom. The highest BCUT2D eigenvalue weighted by atomic mass is 16.1. The number of hydrogen-bond donors (Lipinski definition) is 2. The van der Waals surface area contributed by atoms with Gasteiger partial charge in [0.1, 0.15) is 0 Å². The second kappa shape index (κ2) is 5.09. The van der Waals surface area contributed by atoms with Gasteiger partial charge in [0.15, 0.2) is 0 Å². The molecule has 2 aromatic carbocycles. The summed E-state index contributed by atoms with van der Waals surface area (Å²) in [6, 6.07) is 13.5. The van der Waals surface area contributed by atoms with Gasteiger partial charge < -0.3 is 10.3 Å². The van der Waals surface area contributed by atoms with Gasteiger partial charge in [-0.05, 0) is 56.2 Å². The summed E-state index contributed by atoms with van der Waals surface area (Å²) >= 11 is 0. The van der Waals surface area contributed by atoms with Gasteiger partial charge in [-0.3, -0.25) is 4.79 Å². The molecular weight excluding hydrogens is 260 g/mol. The lowest BCUT2D eigenvalue weighted by molar-refractivity contribution is 0.102. The van der Waals surface area contributed by atoms with Crippen LogP contribution in [0.1, 0.15) is 27.2 Å². The van der Waals surface area contributed by atoms with Crippen LogP contribution < -0.4 is 5.32 Å². The maximum atomic E-state index is 12.4. The zero-order valence-electron chi connectivity index (χ0n) is 12.4. The van der Waals surface area contributed by atoms with E-state index in [0.29, 0.717) is 5.56 Å². The number of amides is 1. The molecule has 0 radical (unpaired) electrons. The molecule has 3 heteroatoms. The molecule has 0 atom stereocenters. The van der Waals surface area contributed by atoms with Gasteiger partial charge in [-0.25, -0.2) is 0 Å². The van der Waals surface area contributed by atoms with E-state index in [4.69, 9.17) is 0 Å². The van der Waals surface area contributed by atoms with Crippen molar-refractivity contribution in [3.8, 4) is 0 Å². The number of anilines is 1. The first-order valence-corrected chi connectivity index (χ1v) is 7.02. The lowest BCUT2D eigenvalue weighted by atomic mass is 10.1. The molecule has 0 fully saturated rings. The van der Waals surface area contributed by atoms with Crippen molar-refractivity contribution in [2.45, 2.75) is 20.8 Å². The van der Waals surface area contributed by atoms with E-state index in [-0.39, 0.29) is 5.91 Å². The average Bonchev–Trinajstić information content (AvgIpc) is 2.76. The molecule has 2 N–H and O–H groups in total. The molecule has 0 aliphatic heterocycles. The number of para-hydroxylation sites is 1. The maximum Gasteiger partial charge on any atom is 0.255 e. The van der Waals surface area contributed by atoms with Gasteiger partial charge in [0.2, 0.25) is 0 Å². The molecule has 0 aliphatic rings. The summed E-state index contributed by atoms with van der Waals surface area (Å²) in [5, 5.41) is 4.07. The van der Waals surface area contributed by atoms with Crippen LogP contribution in [0.3, 0.4) is 0 Å². The number of benzene rings is 2. The largest absolute Gasteiger partial charge is 0.358 e. The van der Waals surface area contributed by atoms with Crippen molar-refractivity contribution in [2.75, 3.05) is 5.32 Å². The predicted octanol–water partition coefficient (Wildman–Crippen LogP) is 4.35. The number of hydrogen-bond acceptors (Lipinski definition) is 1. The standard InChI is InChI=1S/C18H18N2O/c1-11-6-4-5-7-16(11)20-18(21)14-8-9-17-15(10-14)12(2)13(3)19-17/h4-10,19H,1-3H3,(H,20,21). The summed E-state index contributed by atoms with van der Waals surface area (Å²) in [6.45, 7) is 6.10. The van der Waals surface area contributed by atoms with E-state index in [1.807, 2.05) is 56.3 Å². The Morgan fingerprint density at radius 3 is 2.57 bits per heavy atom. The van der Waals surface area contributed by atoms with Gasteiger partial charge in [-0.1, -0.05) is 18.2 Å². The number of H-pyrrole nitrogens is 1. The van der Waals surface area contributed by atoms with Gasteiger partial charge in [-0.15, -0.1) is 0 Å². The fraction of sp³-hybridized carbons (Fsp3) is 0.167. The molecule has 3 rings (SSSR count). The molecule has 0 saturated heterocycles. The number of aryl methyl sites for hydroxylation is 3. The first-order chi connectivity index (χ1) is 10.1. The quantitative estimate of drug-likeness (QED) is 0.719. The molecule has 1 amide bonds. The van der Waals surface area contributed by atoms with Crippen molar-refractivity contribution in [1.29, 1.82) is 0 Å². The molecule has 0 aliphatic carbocycles. The molecule has 0 saturated carbocycles. The minimum absolute atomic E-state index is 0.0792. The summed E-state index contributed by atoms with van der Waals surface area (Å²) in [4.78, 5) is 15.7. The molecule has 106 valence electrons. The SMILES string of the molecule is Cc1ccccc1NC(=O)c1ccc2[nH]c(C)c(C)c2c1. The highest BCUT2D eigenvalue weighted by molar-refractivity contribution is 6.06. The highest BCUT2D eigenvalue weighted by Gasteiger charge is 2.10. The third-order valence-corrected chi connectivity index (χ3v) is 3.96. The molecule has 0 spiro atoms. The fourth-order valence-corrected chi connectivity index (χ4v) is 2.51. The Hall–Kier alpha value is -2.55. The van der Waals surface area contributed by atoms with Crippen molar-refractivity contribution < 1.29 is 4.79 Å². The van der Waals surface area contributed by atoms with Crippen molar-refractivity contribution in [1.82, 2.24) is 4.98 Å². The van der Waals surface area contributed by atoms with Crippen LogP contribution in [0.4, 0.5) is 5.69 Å². The van der Waals surface area contributed by atoms with E-state index < -0.39 is 0 Å². The van der Waals surface area contributed by atoms with E-state index >= 15 is 0 Å². The lowest BCUT2D eigenvalue weighted by Gasteiger charge is -2.08. The van der Waals surface area contributed by atoms with Gasteiger partial charge in [-0.2, -0.15) is 0 Å². The second-order valence-corrected chi connectivity index (χ2v) is 5.40. The third-order valence-electron chi connectivity index (χ3n) is 3.96. The minimum Gasteiger partial charge on any atom is -0.358 e. The number of carbonyl (C=O) groups excluding carboxylic acids is 1. The number of carbonyl (C=O) groups is 1. The number of nitrogens with one attached hydrogen (secondary N) is 2. The topological polar surface area (TPSA) is 44.9 Å². The van der Waals surface area contributed by atoms with E-state index in [0.717, 1.165) is 27.8 Å². The predicted molar refractivity (Wildman–Crippen MR) is 86.9 cm³/mol. The zero-order valence-corrected chi connectivity index (χ0v) is 12.4. The van der Waals surface area contributed by atoms with Crippen LogP contribution in [-0.2, 0) is 0 Å². The highest BCUT2D eigenvalue weighted by Crippen LogP contribution is 2.23. The van der Waals surface area contributed by atoms with E-state index in [9.17, 15) is 4.79 Å². The molecule has 3 nitrogen and oxygen atoms in total. The number of aromatic nitrogens is 1. The normalized spacial score (nSPS) is 10.8.